The number of nitrogens with zero attached hydrogens (tertiary/aromatic N) is 4. The van der Waals surface area contributed by atoms with E-state index in [1.54, 1.807) is 4.52 Å². The molecule has 0 aliphatic rings. The Morgan fingerprint density at radius 1 is 1.27 bits per heavy atom. The Morgan fingerprint density at radius 2 is 1.96 bits per heavy atom. The Labute approximate surface area is 161 Å². The molecule has 136 valence electrons. The predicted octanol–water partition coefficient (Wildman–Crippen LogP) is 3.54. The summed E-state index contributed by atoms with van der Waals surface area (Å²) in [6.45, 7) is 5.78. The smallest absolute Gasteiger partial charge is 0.253 e. The number of rotatable bonds is 5. The Bertz CT molecular complexity index is 954. The molecule has 1 unspecified atom stereocenters. The topological polar surface area (TPSA) is 72.2 Å². The third-order valence-corrected chi connectivity index (χ3v) is 5.09. The fraction of sp³-hybridized carbons (Fsp3) is 0.333. The van der Waals surface area contributed by atoms with E-state index in [0.29, 0.717) is 16.0 Å². The zero-order valence-electron chi connectivity index (χ0n) is 15.1. The number of carbonyl (C=O) groups is 1. The van der Waals surface area contributed by atoms with E-state index in [2.05, 4.69) is 20.4 Å². The lowest BCUT2D eigenvalue weighted by Crippen LogP contribution is -2.29. The van der Waals surface area contributed by atoms with E-state index >= 15 is 0 Å². The SMILES string of the molecule is CSc1nc2nc(C)c(CC(=O)NC(C)c3ccc(Cl)cc3)c(C)n2n1. The van der Waals surface area contributed by atoms with Crippen molar-refractivity contribution >= 4 is 35.0 Å². The van der Waals surface area contributed by atoms with Gasteiger partial charge in [-0.1, -0.05) is 35.5 Å². The highest BCUT2D eigenvalue weighted by molar-refractivity contribution is 7.98. The average Bonchev–Trinajstić information content (AvgIpc) is 3.02. The molecule has 1 N–H and O–H groups in total. The molecule has 1 atom stereocenters. The molecule has 3 aromatic rings. The van der Waals surface area contributed by atoms with Crippen molar-refractivity contribution in [1.29, 1.82) is 0 Å². The molecule has 1 aromatic carbocycles. The van der Waals surface area contributed by atoms with Crippen LogP contribution in [-0.2, 0) is 11.2 Å². The molecule has 0 saturated heterocycles. The molecular formula is C18H20ClN5OS. The molecule has 3 rings (SSSR count). The maximum atomic E-state index is 12.6. The van der Waals surface area contributed by atoms with Crippen LogP contribution in [0, 0.1) is 13.8 Å². The summed E-state index contributed by atoms with van der Waals surface area (Å²) in [5.74, 6) is 0.494. The van der Waals surface area contributed by atoms with E-state index in [1.165, 1.54) is 11.8 Å². The number of aryl methyl sites for hydroxylation is 2. The minimum atomic E-state index is -0.105. The van der Waals surface area contributed by atoms with Crippen molar-refractivity contribution in [3.63, 3.8) is 0 Å². The lowest BCUT2D eigenvalue weighted by molar-refractivity contribution is -0.121. The van der Waals surface area contributed by atoms with Crippen LogP contribution in [-0.4, -0.2) is 31.7 Å². The molecule has 8 heteroatoms. The number of thioether (sulfide) groups is 1. The zero-order chi connectivity index (χ0) is 18.8. The maximum absolute atomic E-state index is 12.6. The van der Waals surface area contributed by atoms with Crippen LogP contribution in [0.25, 0.3) is 5.78 Å². The van der Waals surface area contributed by atoms with E-state index in [-0.39, 0.29) is 18.4 Å². The van der Waals surface area contributed by atoms with Gasteiger partial charge in [-0.3, -0.25) is 4.79 Å². The van der Waals surface area contributed by atoms with E-state index < -0.39 is 0 Å². The fourth-order valence-electron chi connectivity index (χ4n) is 2.82. The molecule has 0 saturated carbocycles. The van der Waals surface area contributed by atoms with Crippen LogP contribution in [0.1, 0.15) is 35.5 Å². The van der Waals surface area contributed by atoms with Crippen molar-refractivity contribution in [2.45, 2.75) is 38.4 Å². The Hall–Kier alpha value is -2.12. The van der Waals surface area contributed by atoms with Crippen LogP contribution in [0.15, 0.2) is 29.4 Å². The van der Waals surface area contributed by atoms with Crippen molar-refractivity contribution < 1.29 is 4.79 Å². The van der Waals surface area contributed by atoms with Crippen LogP contribution in [0.2, 0.25) is 5.02 Å². The van der Waals surface area contributed by atoms with Crippen LogP contribution in [0.3, 0.4) is 0 Å². The number of nitrogens with one attached hydrogen (secondary N) is 1. The molecular weight excluding hydrogens is 370 g/mol. The molecule has 26 heavy (non-hydrogen) atoms. The van der Waals surface area contributed by atoms with E-state index in [0.717, 1.165) is 22.5 Å². The number of benzene rings is 1. The van der Waals surface area contributed by atoms with Gasteiger partial charge in [0.2, 0.25) is 11.1 Å². The second-order valence-corrected chi connectivity index (χ2v) is 7.30. The molecule has 0 aliphatic carbocycles. The maximum Gasteiger partial charge on any atom is 0.253 e. The molecule has 0 radical (unpaired) electrons. The van der Waals surface area contributed by atoms with E-state index in [4.69, 9.17) is 11.6 Å². The third-order valence-electron chi connectivity index (χ3n) is 4.30. The third kappa shape index (κ3) is 3.83. The van der Waals surface area contributed by atoms with Crippen LogP contribution in [0.5, 0.6) is 0 Å². The van der Waals surface area contributed by atoms with Crippen molar-refractivity contribution in [1.82, 2.24) is 24.9 Å². The molecule has 2 heterocycles. The van der Waals surface area contributed by atoms with Gasteiger partial charge >= 0.3 is 0 Å². The summed E-state index contributed by atoms with van der Waals surface area (Å²) in [6.07, 6.45) is 2.16. The largest absolute Gasteiger partial charge is 0.349 e. The average molecular weight is 390 g/mol. The van der Waals surface area contributed by atoms with Gasteiger partial charge in [0.15, 0.2) is 0 Å². The molecule has 0 aliphatic heterocycles. The lowest BCUT2D eigenvalue weighted by Gasteiger charge is -2.16. The van der Waals surface area contributed by atoms with Gasteiger partial charge in [-0.05, 0) is 44.7 Å². The summed E-state index contributed by atoms with van der Waals surface area (Å²) in [6, 6.07) is 7.36. The number of carbonyl (C=O) groups excluding carboxylic acids is 1. The zero-order valence-corrected chi connectivity index (χ0v) is 16.6. The van der Waals surface area contributed by atoms with Crippen molar-refractivity contribution in [2.24, 2.45) is 0 Å². The van der Waals surface area contributed by atoms with Gasteiger partial charge in [-0.15, -0.1) is 5.10 Å². The summed E-state index contributed by atoms with van der Waals surface area (Å²) in [5, 5.41) is 8.78. The molecule has 1 amide bonds. The van der Waals surface area contributed by atoms with Gasteiger partial charge in [-0.2, -0.15) is 4.98 Å². The Balaban J connectivity index is 1.79. The standard InChI is InChI=1S/C18H20ClN5OS/c1-10(13-5-7-14(19)8-6-13)20-16(25)9-15-11(2)21-17-22-18(26-4)23-24(17)12(15)3/h5-8,10H,9H2,1-4H3,(H,20,25). The van der Waals surface area contributed by atoms with Gasteiger partial charge in [0.1, 0.15) is 0 Å². The van der Waals surface area contributed by atoms with Crippen molar-refractivity contribution in [3.05, 3.63) is 51.8 Å². The number of hydrogen-bond donors (Lipinski definition) is 1. The number of aromatic nitrogens is 4. The second-order valence-electron chi connectivity index (χ2n) is 6.09. The van der Waals surface area contributed by atoms with E-state index in [1.807, 2.05) is 51.3 Å². The highest BCUT2D eigenvalue weighted by Crippen LogP contribution is 2.19. The quantitative estimate of drug-likeness (QED) is 0.676. The first-order valence-corrected chi connectivity index (χ1v) is 9.81. The minimum absolute atomic E-state index is 0.0648. The first-order valence-electron chi connectivity index (χ1n) is 8.20. The highest BCUT2D eigenvalue weighted by Gasteiger charge is 2.17. The first-order chi connectivity index (χ1) is 12.4. The molecule has 0 bridgehead atoms. The summed E-state index contributed by atoms with van der Waals surface area (Å²) in [7, 11) is 0. The summed E-state index contributed by atoms with van der Waals surface area (Å²) in [5.41, 5.74) is 3.56. The molecule has 0 fully saturated rings. The van der Waals surface area contributed by atoms with Crippen LogP contribution < -0.4 is 5.32 Å². The number of fused-ring (bicyclic) bond motifs is 1. The summed E-state index contributed by atoms with van der Waals surface area (Å²) in [4.78, 5) is 21.4. The highest BCUT2D eigenvalue weighted by atomic mass is 35.5. The Kier molecular flexibility index (Phi) is 5.48. The van der Waals surface area contributed by atoms with Gasteiger partial charge in [-0.25, -0.2) is 9.50 Å². The lowest BCUT2D eigenvalue weighted by atomic mass is 10.1. The summed E-state index contributed by atoms with van der Waals surface area (Å²) < 4.78 is 1.70. The van der Waals surface area contributed by atoms with Gasteiger partial charge in [0, 0.05) is 22.0 Å². The number of hydrogen-bond acceptors (Lipinski definition) is 5. The van der Waals surface area contributed by atoms with Gasteiger partial charge < -0.3 is 5.32 Å². The minimum Gasteiger partial charge on any atom is -0.349 e. The second kappa shape index (κ2) is 7.63. The predicted molar refractivity (Wildman–Crippen MR) is 104 cm³/mol. The monoisotopic (exact) mass is 389 g/mol. The Morgan fingerprint density at radius 3 is 2.62 bits per heavy atom. The van der Waals surface area contributed by atoms with Crippen molar-refractivity contribution in [3.8, 4) is 0 Å². The molecule has 0 spiro atoms. The van der Waals surface area contributed by atoms with Gasteiger partial charge in [0.05, 0.1) is 12.5 Å². The fourth-order valence-corrected chi connectivity index (χ4v) is 3.28. The molecule has 6 nitrogen and oxygen atoms in total. The van der Waals surface area contributed by atoms with Crippen molar-refractivity contribution in [2.75, 3.05) is 6.26 Å². The normalized spacial score (nSPS) is 12.3. The van der Waals surface area contributed by atoms with Gasteiger partial charge in [0.25, 0.3) is 5.78 Å². The number of halogens is 1. The first kappa shape index (κ1) is 18.7. The van der Waals surface area contributed by atoms with Crippen LogP contribution in [0.4, 0.5) is 0 Å². The molecule has 2 aromatic heterocycles. The van der Waals surface area contributed by atoms with Crippen LogP contribution >= 0.6 is 23.4 Å². The number of amides is 1. The summed E-state index contributed by atoms with van der Waals surface area (Å²) >= 11 is 7.38. The van der Waals surface area contributed by atoms with E-state index in [9.17, 15) is 4.79 Å².